The Balaban J connectivity index is 1.95. The van der Waals surface area contributed by atoms with Gasteiger partial charge in [-0.1, -0.05) is 0 Å². The van der Waals surface area contributed by atoms with Crippen LogP contribution in [0.3, 0.4) is 0 Å². The van der Waals surface area contributed by atoms with Crippen molar-refractivity contribution in [1.29, 1.82) is 0 Å². The second-order valence-electron chi connectivity index (χ2n) is 12.4. The number of halogens is 1. The Bertz CT molecular complexity index is 1240. The molecule has 0 unspecified atom stereocenters. The van der Waals surface area contributed by atoms with Crippen LogP contribution in [0.4, 0.5) is 9.18 Å². The quantitative estimate of drug-likeness (QED) is 0.528. The third kappa shape index (κ3) is 9.28. The Kier molecular flexibility index (Phi) is 11.5. The zero-order chi connectivity index (χ0) is 32.8. The molecule has 3 rings (SSSR count). The van der Waals surface area contributed by atoms with Gasteiger partial charge in [0.2, 0.25) is 17.7 Å². The molecule has 1 aromatic carbocycles. The number of likely N-dealkylation sites (N-methyl/N-ethyl adjacent to an activating group) is 3. The molecule has 1 aromatic rings. The van der Waals surface area contributed by atoms with E-state index in [0.29, 0.717) is 13.1 Å². The number of hydrogen-bond donors (Lipinski definition) is 1. The third-order valence-electron chi connectivity index (χ3n) is 7.44. The van der Waals surface area contributed by atoms with E-state index < -0.39 is 41.4 Å². The first kappa shape index (κ1) is 34.5. The minimum absolute atomic E-state index is 0.0178. The number of nitrogens with one attached hydrogen (secondary N) is 1. The Labute approximate surface area is 258 Å². The summed E-state index contributed by atoms with van der Waals surface area (Å²) in [5.41, 5.74) is -0.836. The van der Waals surface area contributed by atoms with Gasteiger partial charge in [-0.2, -0.15) is 0 Å². The van der Waals surface area contributed by atoms with E-state index in [1.54, 1.807) is 25.7 Å². The lowest BCUT2D eigenvalue weighted by atomic mass is 10.1. The highest BCUT2D eigenvalue weighted by Crippen LogP contribution is 2.25. The Morgan fingerprint density at radius 3 is 2.48 bits per heavy atom. The molecule has 1 fully saturated rings. The lowest BCUT2D eigenvalue weighted by molar-refractivity contribution is -0.143. The van der Waals surface area contributed by atoms with E-state index in [-0.39, 0.29) is 68.8 Å². The van der Waals surface area contributed by atoms with Crippen LogP contribution in [0.5, 0.6) is 5.75 Å². The molecular weight excluding hydrogens is 575 g/mol. The second kappa shape index (κ2) is 14.7. The maximum atomic E-state index is 14.4. The standard InChI is InChI=1S/C30H45FN6O7/c1-30(2,3)44-29(42)36-14-15-37-21(17-36)19-43-24-10-8-20(31)16-22(24)28(41)35(7)23(27(40)32-12-13-33(4)5)9-11-25(38)34(6)18-26(37)39/h8,10,16,21,23H,9,11-15,17-19H2,1-7H3,(H,32,40)/t21-,23-/m1/s1. The van der Waals surface area contributed by atoms with Crippen LogP contribution < -0.4 is 10.1 Å². The average molecular weight is 621 g/mol. The van der Waals surface area contributed by atoms with Crippen molar-refractivity contribution in [1.82, 2.24) is 29.8 Å². The molecule has 44 heavy (non-hydrogen) atoms. The number of ether oxygens (including phenoxy) is 2. The van der Waals surface area contributed by atoms with Gasteiger partial charge >= 0.3 is 6.09 Å². The highest BCUT2D eigenvalue weighted by molar-refractivity contribution is 5.99. The number of benzene rings is 1. The molecule has 14 heteroatoms. The van der Waals surface area contributed by atoms with E-state index in [1.165, 1.54) is 34.9 Å². The van der Waals surface area contributed by atoms with E-state index in [0.717, 1.165) is 12.1 Å². The highest BCUT2D eigenvalue weighted by Gasteiger charge is 2.37. The van der Waals surface area contributed by atoms with Gasteiger partial charge in [0.05, 0.1) is 18.2 Å². The fourth-order valence-electron chi connectivity index (χ4n) is 4.99. The molecule has 1 saturated heterocycles. The van der Waals surface area contributed by atoms with E-state index in [2.05, 4.69) is 5.32 Å². The number of rotatable bonds is 4. The van der Waals surface area contributed by atoms with Gasteiger partial charge < -0.3 is 39.3 Å². The minimum Gasteiger partial charge on any atom is -0.491 e. The van der Waals surface area contributed by atoms with E-state index >= 15 is 0 Å². The molecule has 2 aliphatic rings. The largest absolute Gasteiger partial charge is 0.491 e. The van der Waals surface area contributed by atoms with Crippen molar-refractivity contribution in [3.8, 4) is 5.75 Å². The molecule has 0 bridgehead atoms. The molecule has 0 aliphatic carbocycles. The number of piperazine rings is 1. The third-order valence-corrected chi connectivity index (χ3v) is 7.44. The Morgan fingerprint density at radius 2 is 1.82 bits per heavy atom. The zero-order valence-corrected chi connectivity index (χ0v) is 26.7. The Hall–Kier alpha value is -3.94. The number of amides is 5. The van der Waals surface area contributed by atoms with Crippen molar-refractivity contribution >= 4 is 29.7 Å². The van der Waals surface area contributed by atoms with Gasteiger partial charge in [-0.15, -0.1) is 0 Å². The maximum absolute atomic E-state index is 14.4. The van der Waals surface area contributed by atoms with Crippen molar-refractivity contribution in [2.24, 2.45) is 0 Å². The van der Waals surface area contributed by atoms with Crippen LogP contribution in [0.25, 0.3) is 0 Å². The number of nitrogens with zero attached hydrogens (tertiary/aromatic N) is 5. The van der Waals surface area contributed by atoms with Crippen LogP contribution in [-0.2, 0) is 19.1 Å². The van der Waals surface area contributed by atoms with E-state index in [9.17, 15) is 28.4 Å². The van der Waals surface area contributed by atoms with Crippen LogP contribution in [0.1, 0.15) is 44.0 Å². The molecule has 244 valence electrons. The molecule has 13 nitrogen and oxygen atoms in total. The topological polar surface area (TPSA) is 132 Å². The van der Waals surface area contributed by atoms with Crippen molar-refractivity contribution in [3.63, 3.8) is 0 Å². The van der Waals surface area contributed by atoms with Crippen molar-refractivity contribution < 1.29 is 37.8 Å². The summed E-state index contributed by atoms with van der Waals surface area (Å²) in [5, 5.41) is 2.80. The van der Waals surface area contributed by atoms with Crippen LogP contribution in [0, 0.1) is 5.82 Å². The van der Waals surface area contributed by atoms with Crippen molar-refractivity contribution in [2.45, 2.75) is 51.3 Å². The summed E-state index contributed by atoms with van der Waals surface area (Å²) in [7, 11) is 6.63. The van der Waals surface area contributed by atoms with E-state index in [4.69, 9.17) is 9.47 Å². The molecule has 0 saturated carbocycles. The number of hydrogen-bond acceptors (Lipinski definition) is 8. The molecular formula is C30H45FN6O7. The SMILES string of the molecule is CN(C)CCNC(=O)[C@H]1CCC(=O)N(C)CC(=O)N2CCN(C(=O)OC(C)(C)C)C[C@@H]2COc2ccc(F)cc2C(=O)N1C. The fourth-order valence-corrected chi connectivity index (χ4v) is 4.99. The summed E-state index contributed by atoms with van der Waals surface area (Å²) in [6.07, 6.45) is -0.673. The first-order valence-corrected chi connectivity index (χ1v) is 14.7. The lowest BCUT2D eigenvalue weighted by Crippen LogP contribution is -2.60. The van der Waals surface area contributed by atoms with Gasteiger partial charge in [0.15, 0.2) is 0 Å². The van der Waals surface area contributed by atoms with Gasteiger partial charge in [0.25, 0.3) is 5.91 Å². The highest BCUT2D eigenvalue weighted by atomic mass is 19.1. The maximum Gasteiger partial charge on any atom is 0.410 e. The summed E-state index contributed by atoms with van der Waals surface area (Å²) in [6, 6.07) is 1.79. The first-order chi connectivity index (χ1) is 20.6. The summed E-state index contributed by atoms with van der Waals surface area (Å²) in [4.78, 5) is 73.8. The monoisotopic (exact) mass is 620 g/mol. The molecule has 0 aromatic heterocycles. The predicted octanol–water partition coefficient (Wildman–Crippen LogP) is 1.02. The first-order valence-electron chi connectivity index (χ1n) is 14.7. The smallest absolute Gasteiger partial charge is 0.410 e. The van der Waals surface area contributed by atoms with Crippen LogP contribution in [0.15, 0.2) is 18.2 Å². The molecule has 2 aliphatic heterocycles. The van der Waals surface area contributed by atoms with Gasteiger partial charge in [-0.05, 0) is 59.5 Å². The molecule has 0 spiro atoms. The summed E-state index contributed by atoms with van der Waals surface area (Å²) in [6.45, 7) is 6.25. The van der Waals surface area contributed by atoms with Crippen molar-refractivity contribution in [3.05, 3.63) is 29.6 Å². The van der Waals surface area contributed by atoms with Crippen molar-refractivity contribution in [2.75, 3.05) is 74.1 Å². The van der Waals surface area contributed by atoms with Gasteiger partial charge in [0, 0.05) is 53.2 Å². The van der Waals surface area contributed by atoms with Crippen LogP contribution >= 0.6 is 0 Å². The van der Waals surface area contributed by atoms with Gasteiger partial charge in [0.1, 0.15) is 29.8 Å². The molecule has 2 heterocycles. The Morgan fingerprint density at radius 1 is 1.11 bits per heavy atom. The van der Waals surface area contributed by atoms with Crippen LogP contribution in [0.2, 0.25) is 0 Å². The summed E-state index contributed by atoms with van der Waals surface area (Å²) < 4.78 is 26.0. The van der Waals surface area contributed by atoms with Gasteiger partial charge in [-0.25, -0.2) is 9.18 Å². The summed E-state index contributed by atoms with van der Waals surface area (Å²) in [5.74, 6) is -2.49. The molecule has 5 amide bonds. The molecule has 1 N–H and O–H groups in total. The molecule has 2 atom stereocenters. The normalized spacial score (nSPS) is 20.8. The van der Waals surface area contributed by atoms with E-state index in [1.807, 2.05) is 19.0 Å². The number of carbonyl (C=O) groups excluding carboxylic acids is 5. The average Bonchev–Trinajstić information content (AvgIpc) is 2.94. The second-order valence-corrected chi connectivity index (χ2v) is 12.4. The molecule has 0 radical (unpaired) electrons. The van der Waals surface area contributed by atoms with Crippen LogP contribution in [-0.4, -0.2) is 146 Å². The predicted molar refractivity (Wildman–Crippen MR) is 160 cm³/mol. The summed E-state index contributed by atoms with van der Waals surface area (Å²) >= 11 is 0. The minimum atomic E-state index is -1.05. The fraction of sp³-hybridized carbons (Fsp3) is 0.633. The zero-order valence-electron chi connectivity index (χ0n) is 26.7. The lowest BCUT2D eigenvalue weighted by Gasteiger charge is -2.41. The number of fused-ring (bicyclic) bond motifs is 2. The van der Waals surface area contributed by atoms with Gasteiger partial charge in [-0.3, -0.25) is 19.2 Å². The number of carbonyl (C=O) groups is 5.